The largest absolute Gasteiger partial charge is 0.497 e. The summed E-state index contributed by atoms with van der Waals surface area (Å²) in [6.45, 7) is 2.04. The number of carboxylic acid groups (broad SMARTS) is 1. The number of nitrogens with zero attached hydrogens (tertiary/aromatic N) is 1. The van der Waals surface area contributed by atoms with Crippen molar-refractivity contribution in [1.29, 1.82) is 0 Å². The highest BCUT2D eigenvalue weighted by molar-refractivity contribution is 7.18. The van der Waals surface area contributed by atoms with Gasteiger partial charge in [0.1, 0.15) is 15.6 Å². The van der Waals surface area contributed by atoms with Gasteiger partial charge in [-0.25, -0.2) is 4.79 Å². The second-order valence-electron chi connectivity index (χ2n) is 5.31. The lowest BCUT2D eigenvalue weighted by atomic mass is 10.2. The van der Waals surface area contributed by atoms with E-state index in [1.54, 1.807) is 13.2 Å². The summed E-state index contributed by atoms with van der Waals surface area (Å²) in [6.07, 6.45) is 0. The molecule has 0 bridgehead atoms. The molecular weight excluding hydrogens is 322 g/mol. The highest BCUT2D eigenvalue weighted by atomic mass is 32.1. The van der Waals surface area contributed by atoms with Gasteiger partial charge in [-0.3, -0.25) is 0 Å². The van der Waals surface area contributed by atoms with E-state index in [1.165, 1.54) is 16.9 Å². The fourth-order valence-electron chi connectivity index (χ4n) is 2.39. The molecule has 0 saturated carbocycles. The number of hydrogen-bond donors (Lipinski definition) is 1. The highest BCUT2D eigenvalue weighted by Gasteiger charge is 2.16. The van der Waals surface area contributed by atoms with Gasteiger partial charge in [0, 0.05) is 11.4 Å². The molecule has 1 aromatic heterocycles. The third kappa shape index (κ3) is 3.26. The van der Waals surface area contributed by atoms with Gasteiger partial charge >= 0.3 is 5.97 Å². The SMILES string of the molecule is COc1ccc(N(c2ccc(C)cc2)c2ccc(C(=O)O)s2)cc1. The van der Waals surface area contributed by atoms with Crippen LogP contribution < -0.4 is 9.64 Å². The molecule has 0 aliphatic heterocycles. The van der Waals surface area contributed by atoms with E-state index in [1.807, 2.05) is 66.4 Å². The summed E-state index contributed by atoms with van der Waals surface area (Å²) < 4.78 is 5.22. The smallest absolute Gasteiger partial charge is 0.345 e. The highest BCUT2D eigenvalue weighted by Crippen LogP contribution is 2.39. The number of carbonyl (C=O) groups is 1. The molecule has 0 saturated heterocycles. The molecule has 2 aromatic carbocycles. The normalized spacial score (nSPS) is 10.4. The van der Waals surface area contributed by atoms with Gasteiger partial charge in [0.15, 0.2) is 0 Å². The Labute approximate surface area is 144 Å². The number of carboxylic acids is 1. The van der Waals surface area contributed by atoms with Gasteiger partial charge in [0.2, 0.25) is 0 Å². The van der Waals surface area contributed by atoms with E-state index >= 15 is 0 Å². The van der Waals surface area contributed by atoms with E-state index in [9.17, 15) is 9.90 Å². The molecular formula is C19H17NO3S. The van der Waals surface area contributed by atoms with Crippen LogP contribution in [0.2, 0.25) is 0 Å². The number of methoxy groups -OCH3 is 1. The predicted octanol–water partition coefficient (Wildman–Crippen LogP) is 5.23. The lowest BCUT2D eigenvalue weighted by Crippen LogP contribution is -2.08. The van der Waals surface area contributed by atoms with E-state index in [0.717, 1.165) is 22.1 Å². The summed E-state index contributed by atoms with van der Waals surface area (Å²) in [5, 5.41) is 10.0. The van der Waals surface area contributed by atoms with Crippen LogP contribution in [0.5, 0.6) is 5.75 Å². The molecule has 1 N–H and O–H groups in total. The molecule has 0 spiro atoms. The minimum atomic E-state index is -0.912. The fourth-order valence-corrected chi connectivity index (χ4v) is 3.28. The molecule has 0 fully saturated rings. The molecule has 3 rings (SSSR count). The van der Waals surface area contributed by atoms with E-state index in [4.69, 9.17) is 4.74 Å². The van der Waals surface area contributed by atoms with Crippen LogP contribution in [0.25, 0.3) is 0 Å². The van der Waals surface area contributed by atoms with Crippen LogP contribution >= 0.6 is 11.3 Å². The van der Waals surface area contributed by atoms with E-state index in [0.29, 0.717) is 4.88 Å². The second-order valence-corrected chi connectivity index (χ2v) is 6.37. The fraction of sp³-hybridized carbons (Fsp3) is 0.105. The number of aryl methyl sites for hydroxylation is 1. The van der Waals surface area contributed by atoms with E-state index in [2.05, 4.69) is 0 Å². The third-order valence-electron chi connectivity index (χ3n) is 3.65. The van der Waals surface area contributed by atoms with Crippen LogP contribution in [0.15, 0.2) is 60.7 Å². The quantitative estimate of drug-likeness (QED) is 0.691. The standard InChI is InChI=1S/C19H17NO3S/c1-13-3-5-14(6-4-13)20(15-7-9-16(23-2)10-8-15)18-12-11-17(24-18)19(21)22/h3-12H,1-2H3,(H,21,22). The van der Waals surface area contributed by atoms with Crippen molar-refractivity contribution in [3.63, 3.8) is 0 Å². The molecule has 0 aliphatic carbocycles. The van der Waals surface area contributed by atoms with Crippen molar-refractivity contribution in [2.24, 2.45) is 0 Å². The number of ether oxygens (including phenoxy) is 1. The van der Waals surface area contributed by atoms with Crippen molar-refractivity contribution in [2.75, 3.05) is 12.0 Å². The number of hydrogen-bond acceptors (Lipinski definition) is 4. The van der Waals surface area contributed by atoms with Gasteiger partial charge in [-0.05, 0) is 55.5 Å². The first-order valence-electron chi connectivity index (χ1n) is 7.42. The second kappa shape index (κ2) is 6.76. The summed E-state index contributed by atoms with van der Waals surface area (Å²) in [7, 11) is 1.63. The topological polar surface area (TPSA) is 49.8 Å². The zero-order valence-corrected chi connectivity index (χ0v) is 14.2. The van der Waals surface area contributed by atoms with Crippen LogP contribution in [0.3, 0.4) is 0 Å². The molecule has 1 heterocycles. The summed E-state index contributed by atoms with van der Waals surface area (Å²) in [4.78, 5) is 13.6. The zero-order chi connectivity index (χ0) is 17.1. The Hall–Kier alpha value is -2.79. The minimum absolute atomic E-state index is 0.315. The maximum Gasteiger partial charge on any atom is 0.345 e. The lowest BCUT2D eigenvalue weighted by Gasteiger charge is -2.23. The maximum absolute atomic E-state index is 11.2. The lowest BCUT2D eigenvalue weighted by molar-refractivity contribution is 0.0702. The van der Waals surface area contributed by atoms with Crippen molar-refractivity contribution in [3.05, 3.63) is 71.1 Å². The van der Waals surface area contributed by atoms with E-state index < -0.39 is 5.97 Å². The van der Waals surface area contributed by atoms with Gasteiger partial charge in [-0.2, -0.15) is 0 Å². The van der Waals surface area contributed by atoms with Crippen molar-refractivity contribution in [1.82, 2.24) is 0 Å². The summed E-state index contributed by atoms with van der Waals surface area (Å²) >= 11 is 1.25. The van der Waals surface area contributed by atoms with Crippen molar-refractivity contribution >= 4 is 33.7 Å². The Morgan fingerprint density at radius 3 is 2.04 bits per heavy atom. The Bertz CT molecular complexity index is 838. The summed E-state index contributed by atoms with van der Waals surface area (Å²) in [5.74, 6) is -0.134. The first-order chi connectivity index (χ1) is 11.6. The maximum atomic E-state index is 11.2. The number of thiophene rings is 1. The molecule has 0 radical (unpaired) electrons. The Morgan fingerprint density at radius 2 is 1.54 bits per heavy atom. The van der Waals surface area contributed by atoms with Crippen LogP contribution in [0.1, 0.15) is 15.2 Å². The molecule has 122 valence electrons. The van der Waals surface area contributed by atoms with Crippen LogP contribution in [-0.2, 0) is 0 Å². The van der Waals surface area contributed by atoms with Crippen LogP contribution in [0.4, 0.5) is 16.4 Å². The Morgan fingerprint density at radius 1 is 0.958 bits per heavy atom. The van der Waals surface area contributed by atoms with Crippen LogP contribution in [0, 0.1) is 6.92 Å². The molecule has 24 heavy (non-hydrogen) atoms. The predicted molar refractivity (Wildman–Crippen MR) is 97.3 cm³/mol. The number of benzene rings is 2. The molecule has 0 atom stereocenters. The third-order valence-corrected chi connectivity index (χ3v) is 4.70. The molecule has 0 unspecified atom stereocenters. The van der Waals surface area contributed by atoms with Gasteiger partial charge in [0.25, 0.3) is 0 Å². The Balaban J connectivity index is 2.08. The first-order valence-corrected chi connectivity index (χ1v) is 8.24. The molecule has 0 amide bonds. The number of anilines is 3. The molecule has 3 aromatic rings. The van der Waals surface area contributed by atoms with E-state index in [-0.39, 0.29) is 0 Å². The summed E-state index contributed by atoms with van der Waals surface area (Å²) in [5.41, 5.74) is 3.09. The van der Waals surface area contributed by atoms with Gasteiger partial charge in [-0.15, -0.1) is 11.3 Å². The molecule has 5 heteroatoms. The van der Waals surface area contributed by atoms with Gasteiger partial charge in [-0.1, -0.05) is 17.7 Å². The average molecular weight is 339 g/mol. The van der Waals surface area contributed by atoms with Crippen LogP contribution in [-0.4, -0.2) is 18.2 Å². The minimum Gasteiger partial charge on any atom is -0.497 e. The van der Waals surface area contributed by atoms with Crippen molar-refractivity contribution in [3.8, 4) is 5.75 Å². The Kier molecular flexibility index (Phi) is 4.53. The summed E-state index contributed by atoms with van der Waals surface area (Å²) in [6, 6.07) is 19.3. The number of aromatic carboxylic acids is 1. The van der Waals surface area contributed by atoms with Crippen molar-refractivity contribution in [2.45, 2.75) is 6.92 Å². The van der Waals surface area contributed by atoms with Crippen molar-refractivity contribution < 1.29 is 14.6 Å². The monoisotopic (exact) mass is 339 g/mol. The van der Waals surface area contributed by atoms with Gasteiger partial charge in [0.05, 0.1) is 7.11 Å². The molecule has 0 aliphatic rings. The number of rotatable bonds is 5. The molecule has 4 nitrogen and oxygen atoms in total. The average Bonchev–Trinajstić information content (AvgIpc) is 3.07. The van der Waals surface area contributed by atoms with Gasteiger partial charge < -0.3 is 14.7 Å². The zero-order valence-electron chi connectivity index (χ0n) is 13.4. The first kappa shape index (κ1) is 16.1.